The van der Waals surface area contributed by atoms with Crippen molar-refractivity contribution in [1.29, 1.82) is 0 Å². The minimum atomic E-state index is -3.56. The smallest absolute Gasteiger partial charge is 0.250 e. The number of amides is 1. The van der Waals surface area contributed by atoms with E-state index >= 15 is 0 Å². The summed E-state index contributed by atoms with van der Waals surface area (Å²) in [5, 5.41) is 2.62. The highest BCUT2D eigenvalue weighted by molar-refractivity contribution is 7.89. The highest BCUT2D eigenvalue weighted by atomic mass is 32.2. The van der Waals surface area contributed by atoms with Crippen molar-refractivity contribution in [2.75, 3.05) is 18.5 Å². The molecule has 0 heterocycles. The zero-order chi connectivity index (χ0) is 16.1. The molecule has 0 atom stereocenters. The summed E-state index contributed by atoms with van der Waals surface area (Å²) in [5.41, 5.74) is -0.0298. The van der Waals surface area contributed by atoms with E-state index in [-0.39, 0.29) is 17.4 Å². The Morgan fingerprint density at radius 3 is 2.24 bits per heavy atom. The van der Waals surface area contributed by atoms with Crippen LogP contribution in [0.4, 0.5) is 5.69 Å². The van der Waals surface area contributed by atoms with Gasteiger partial charge in [0.05, 0.1) is 4.90 Å². The zero-order valence-electron chi connectivity index (χ0n) is 12.8. The summed E-state index contributed by atoms with van der Waals surface area (Å²) in [6, 6.07) is 5.98. The number of hydrogen-bond donors (Lipinski definition) is 2. The van der Waals surface area contributed by atoms with E-state index in [0.29, 0.717) is 12.3 Å². The van der Waals surface area contributed by atoms with E-state index in [1.54, 1.807) is 39.8 Å². The van der Waals surface area contributed by atoms with Crippen LogP contribution < -0.4 is 10.0 Å². The van der Waals surface area contributed by atoms with Crippen LogP contribution in [-0.2, 0) is 19.6 Å². The molecule has 0 radical (unpaired) electrons. The maximum Gasteiger partial charge on any atom is 0.250 e. The average Bonchev–Trinajstić information content (AvgIpc) is 2.34. The van der Waals surface area contributed by atoms with E-state index < -0.39 is 15.6 Å². The molecule has 1 rings (SSSR count). The van der Waals surface area contributed by atoms with E-state index in [4.69, 9.17) is 4.74 Å². The average molecular weight is 314 g/mol. The van der Waals surface area contributed by atoms with Gasteiger partial charge in [-0.25, -0.2) is 13.1 Å². The molecule has 7 heteroatoms. The maximum atomic E-state index is 12.1. The first-order chi connectivity index (χ1) is 9.64. The molecule has 1 aromatic carbocycles. The number of sulfonamides is 1. The molecule has 0 aliphatic rings. The number of anilines is 1. The van der Waals surface area contributed by atoms with Gasteiger partial charge in [-0.2, -0.15) is 0 Å². The lowest BCUT2D eigenvalue weighted by Gasteiger charge is -2.20. The van der Waals surface area contributed by atoms with Crippen LogP contribution in [-0.4, -0.2) is 33.1 Å². The van der Waals surface area contributed by atoms with Crippen molar-refractivity contribution in [2.24, 2.45) is 0 Å². The van der Waals surface area contributed by atoms with Crippen molar-refractivity contribution in [3.05, 3.63) is 24.3 Å². The number of nitrogens with one attached hydrogen (secondary N) is 2. The topological polar surface area (TPSA) is 84.5 Å². The van der Waals surface area contributed by atoms with Crippen LogP contribution in [0, 0.1) is 0 Å². The van der Waals surface area contributed by atoms with Crippen LogP contribution in [0.3, 0.4) is 0 Å². The molecular weight excluding hydrogens is 292 g/mol. The van der Waals surface area contributed by atoms with Gasteiger partial charge in [-0.3, -0.25) is 4.79 Å². The van der Waals surface area contributed by atoms with Gasteiger partial charge in [-0.15, -0.1) is 0 Å². The molecule has 0 fully saturated rings. The molecule has 1 amide bonds. The Labute approximate surface area is 125 Å². The number of hydrogen-bond acceptors (Lipinski definition) is 4. The minimum Gasteiger partial charge on any atom is -0.372 e. The van der Waals surface area contributed by atoms with Gasteiger partial charge in [0.15, 0.2) is 0 Å². The monoisotopic (exact) mass is 314 g/mol. The van der Waals surface area contributed by atoms with Crippen molar-refractivity contribution >= 4 is 21.6 Å². The third-order valence-electron chi connectivity index (χ3n) is 2.33. The van der Waals surface area contributed by atoms with E-state index in [0.717, 1.165) is 0 Å². The normalized spacial score (nSPS) is 12.2. The Kier molecular flexibility index (Phi) is 5.88. The largest absolute Gasteiger partial charge is 0.372 e. The highest BCUT2D eigenvalue weighted by Crippen LogP contribution is 2.16. The third kappa shape index (κ3) is 6.24. The van der Waals surface area contributed by atoms with Crippen LogP contribution >= 0.6 is 0 Å². The lowest BCUT2D eigenvalue weighted by Crippen LogP contribution is -2.40. The molecule has 118 valence electrons. The van der Waals surface area contributed by atoms with E-state index in [2.05, 4.69) is 10.0 Å². The molecule has 6 nitrogen and oxygen atoms in total. The first kappa shape index (κ1) is 17.6. The number of ether oxygens (including phenoxy) is 1. The summed E-state index contributed by atoms with van der Waals surface area (Å²) in [5.74, 6) is -0.278. The summed E-state index contributed by atoms with van der Waals surface area (Å²) >= 11 is 0. The molecular formula is C14H22N2O4S. The van der Waals surface area contributed by atoms with Gasteiger partial charge in [0, 0.05) is 17.8 Å². The predicted molar refractivity (Wildman–Crippen MR) is 81.6 cm³/mol. The fourth-order valence-electron chi connectivity index (χ4n) is 1.57. The molecule has 0 saturated heterocycles. The predicted octanol–water partition coefficient (Wildman–Crippen LogP) is 1.74. The first-order valence-corrected chi connectivity index (χ1v) is 8.14. The fourth-order valence-corrected chi connectivity index (χ4v) is 2.99. The molecule has 0 aromatic heterocycles. The summed E-state index contributed by atoms with van der Waals surface area (Å²) in [6.45, 7) is 7.55. The summed E-state index contributed by atoms with van der Waals surface area (Å²) < 4.78 is 31.8. The van der Waals surface area contributed by atoms with Gasteiger partial charge in [-0.05, 0) is 52.0 Å². The minimum absolute atomic E-state index is 0.0257. The van der Waals surface area contributed by atoms with E-state index in [1.807, 2.05) is 0 Å². The highest BCUT2D eigenvalue weighted by Gasteiger charge is 2.21. The molecule has 0 bridgehead atoms. The van der Waals surface area contributed by atoms with Crippen molar-refractivity contribution < 1.29 is 17.9 Å². The van der Waals surface area contributed by atoms with E-state index in [1.165, 1.54) is 12.1 Å². The second kappa shape index (κ2) is 7.02. The van der Waals surface area contributed by atoms with Gasteiger partial charge >= 0.3 is 0 Å². The molecule has 0 unspecified atom stereocenters. The van der Waals surface area contributed by atoms with Crippen molar-refractivity contribution in [1.82, 2.24) is 4.72 Å². The first-order valence-electron chi connectivity index (χ1n) is 6.66. The van der Waals surface area contributed by atoms with Crippen molar-refractivity contribution in [2.45, 2.75) is 38.1 Å². The van der Waals surface area contributed by atoms with Crippen LogP contribution in [0.1, 0.15) is 27.7 Å². The standard InChI is InChI=1S/C14H22N2O4S/c1-5-20-10-13(17)15-11-6-8-12(9-7-11)21(18,19)16-14(2,3)4/h6-9,16H,5,10H2,1-4H3,(H,15,17). The second-order valence-corrected chi connectivity index (χ2v) is 7.25. The summed E-state index contributed by atoms with van der Waals surface area (Å²) in [4.78, 5) is 11.6. The van der Waals surface area contributed by atoms with Crippen LogP contribution in [0.2, 0.25) is 0 Å². The summed E-state index contributed by atoms with van der Waals surface area (Å²) in [6.07, 6.45) is 0. The van der Waals surface area contributed by atoms with Gasteiger partial charge in [0.25, 0.3) is 0 Å². The Morgan fingerprint density at radius 1 is 1.19 bits per heavy atom. The number of benzene rings is 1. The molecule has 1 aromatic rings. The molecule has 2 N–H and O–H groups in total. The van der Waals surface area contributed by atoms with Gasteiger partial charge in [0.1, 0.15) is 6.61 Å². The van der Waals surface area contributed by atoms with Crippen LogP contribution in [0.5, 0.6) is 0 Å². The lowest BCUT2D eigenvalue weighted by molar-refractivity contribution is -0.120. The van der Waals surface area contributed by atoms with Crippen molar-refractivity contribution in [3.63, 3.8) is 0 Å². The fraction of sp³-hybridized carbons (Fsp3) is 0.500. The van der Waals surface area contributed by atoms with Crippen molar-refractivity contribution in [3.8, 4) is 0 Å². The zero-order valence-corrected chi connectivity index (χ0v) is 13.6. The Bertz CT molecular complexity index is 574. The number of carbonyl (C=O) groups is 1. The Morgan fingerprint density at radius 2 is 1.76 bits per heavy atom. The molecule has 21 heavy (non-hydrogen) atoms. The second-order valence-electron chi connectivity index (χ2n) is 5.57. The Balaban J connectivity index is 2.76. The molecule has 0 aliphatic heterocycles. The van der Waals surface area contributed by atoms with Crippen LogP contribution in [0.15, 0.2) is 29.2 Å². The number of rotatable bonds is 6. The summed E-state index contributed by atoms with van der Waals surface area (Å²) in [7, 11) is -3.56. The van der Waals surface area contributed by atoms with E-state index in [9.17, 15) is 13.2 Å². The SMILES string of the molecule is CCOCC(=O)Nc1ccc(S(=O)(=O)NC(C)(C)C)cc1. The van der Waals surface area contributed by atoms with Gasteiger partial charge in [0.2, 0.25) is 15.9 Å². The lowest BCUT2D eigenvalue weighted by atomic mass is 10.1. The maximum absolute atomic E-state index is 12.1. The molecule has 0 saturated carbocycles. The van der Waals surface area contributed by atoms with Crippen LogP contribution in [0.25, 0.3) is 0 Å². The molecule has 0 aliphatic carbocycles. The van der Waals surface area contributed by atoms with Gasteiger partial charge < -0.3 is 10.1 Å². The molecule has 0 spiro atoms. The third-order valence-corrected chi connectivity index (χ3v) is 4.10. The van der Waals surface area contributed by atoms with Gasteiger partial charge in [-0.1, -0.05) is 0 Å². The quantitative estimate of drug-likeness (QED) is 0.837. The number of carbonyl (C=O) groups excluding carboxylic acids is 1. The Hall–Kier alpha value is -1.44.